The number of nitrogens with zero attached hydrogens (tertiary/aromatic N) is 1. The molecule has 4 aliphatic rings. The summed E-state index contributed by atoms with van der Waals surface area (Å²) in [5.74, 6) is 9.21. The Morgan fingerprint density at radius 2 is 1.89 bits per heavy atom. The molecule has 1 aromatic carbocycles. The van der Waals surface area contributed by atoms with Crippen molar-refractivity contribution in [3.8, 4) is 0 Å². The minimum absolute atomic E-state index is 0.00593. The predicted molar refractivity (Wildman–Crippen MR) is 144 cm³/mol. The third-order valence-corrected chi connectivity index (χ3v) is 12.0. The monoisotopic (exact) mass is 519 g/mol. The maximum atomic E-state index is 14.0. The maximum Gasteiger partial charge on any atom is 0.183 e. The molecule has 0 amide bonds. The molecule has 0 heterocycles. The van der Waals surface area contributed by atoms with E-state index in [0.29, 0.717) is 17.3 Å². The lowest BCUT2D eigenvalue weighted by Gasteiger charge is -2.62. The Hall–Kier alpha value is -1.34. The highest BCUT2D eigenvalue weighted by Crippen LogP contribution is 2.68. The molecule has 8 unspecified atom stereocenters. The molecule has 4 nitrogen and oxygen atoms in total. The van der Waals surface area contributed by atoms with Crippen LogP contribution in [0.2, 0.25) is 0 Å². The third-order valence-electron chi connectivity index (χ3n) is 11.2. The van der Waals surface area contributed by atoms with Gasteiger partial charge in [-0.3, -0.25) is 4.79 Å². The van der Waals surface area contributed by atoms with E-state index in [-0.39, 0.29) is 35.0 Å². The summed E-state index contributed by atoms with van der Waals surface area (Å²) in [6.07, 6.45) is 13.4. The topological polar surface area (TPSA) is 72.3 Å². The van der Waals surface area contributed by atoms with Crippen LogP contribution in [0.15, 0.2) is 12.1 Å². The number of thioether (sulfide) groups is 1. The van der Waals surface area contributed by atoms with Crippen LogP contribution in [-0.2, 0) is 4.79 Å². The lowest BCUT2D eigenvalue weighted by molar-refractivity contribution is -0.135. The van der Waals surface area contributed by atoms with Crippen LogP contribution in [-0.4, -0.2) is 24.3 Å². The number of anilines is 2. The molecule has 4 saturated carbocycles. The first-order valence-corrected chi connectivity index (χ1v) is 15.3. The number of nitrogens with two attached hydrogens (primary N) is 2. The molecule has 7 heteroatoms. The molecule has 0 spiro atoms. The number of halogens is 2. The van der Waals surface area contributed by atoms with Gasteiger partial charge in [-0.2, -0.15) is 11.8 Å². The summed E-state index contributed by atoms with van der Waals surface area (Å²) in [6.45, 7) is 4.76. The molecule has 36 heavy (non-hydrogen) atoms. The third kappa shape index (κ3) is 4.07. The number of rotatable bonds is 6. The SMILES string of the molecule is CSCC12CCC(C)CC1CCC1C3CCC(C(=O)CN(N)c4ccc(F)c(F)c4N)C3(C)CCC12. The van der Waals surface area contributed by atoms with Gasteiger partial charge in [-0.25, -0.2) is 14.6 Å². The van der Waals surface area contributed by atoms with E-state index in [1.54, 1.807) is 0 Å². The van der Waals surface area contributed by atoms with Gasteiger partial charge in [0.05, 0.1) is 17.9 Å². The van der Waals surface area contributed by atoms with Gasteiger partial charge >= 0.3 is 0 Å². The highest BCUT2D eigenvalue weighted by atomic mass is 32.2. The lowest BCUT2D eigenvalue weighted by atomic mass is 9.44. The van der Waals surface area contributed by atoms with Crippen LogP contribution >= 0.6 is 11.8 Å². The summed E-state index contributed by atoms with van der Waals surface area (Å²) < 4.78 is 27.5. The zero-order valence-corrected chi connectivity index (χ0v) is 22.9. The van der Waals surface area contributed by atoms with Gasteiger partial charge in [-0.15, -0.1) is 0 Å². The Morgan fingerprint density at radius 1 is 1.11 bits per heavy atom. The molecule has 0 aromatic heterocycles. The first-order valence-electron chi connectivity index (χ1n) is 13.9. The number of Topliss-reactive ketones (excluding diaryl/α,β-unsaturated/α-hetero) is 1. The Labute approximate surface area is 219 Å². The Balaban J connectivity index is 1.34. The van der Waals surface area contributed by atoms with Crippen LogP contribution in [0.1, 0.15) is 71.6 Å². The van der Waals surface area contributed by atoms with Gasteiger partial charge in [0.1, 0.15) is 0 Å². The maximum absolute atomic E-state index is 14.0. The van der Waals surface area contributed by atoms with Crippen molar-refractivity contribution in [2.75, 3.05) is 29.3 Å². The highest BCUT2D eigenvalue weighted by molar-refractivity contribution is 7.98. The number of ketones is 1. The molecule has 0 radical (unpaired) electrons. The van der Waals surface area contributed by atoms with Crippen molar-refractivity contribution in [1.29, 1.82) is 0 Å². The smallest absolute Gasteiger partial charge is 0.183 e. The summed E-state index contributed by atoms with van der Waals surface area (Å²) >= 11 is 2.05. The fourth-order valence-electron chi connectivity index (χ4n) is 9.51. The molecule has 0 saturated heterocycles. The fourth-order valence-corrected chi connectivity index (χ4v) is 10.6. The normalized spacial score (nSPS) is 39.7. The first kappa shape index (κ1) is 26.3. The molecule has 0 bridgehead atoms. The van der Waals surface area contributed by atoms with E-state index in [4.69, 9.17) is 11.6 Å². The number of nitrogen functional groups attached to an aromatic ring is 1. The molecule has 4 fully saturated rings. The molecule has 0 aliphatic heterocycles. The molecule has 4 aliphatic carbocycles. The van der Waals surface area contributed by atoms with Crippen molar-refractivity contribution in [1.82, 2.24) is 0 Å². The predicted octanol–water partition coefficient (Wildman–Crippen LogP) is 6.43. The molecule has 4 N–H and O–H groups in total. The second-order valence-electron chi connectivity index (χ2n) is 12.8. The molecule has 8 atom stereocenters. The van der Waals surface area contributed by atoms with Gasteiger partial charge in [-0.1, -0.05) is 20.3 Å². The highest BCUT2D eigenvalue weighted by Gasteiger charge is 2.62. The standard InChI is InChI=1S/C29H43F2N3OS/c1-17-10-13-29(16-36-3)18(14-17)4-5-19-20-6-7-22(28(20,2)12-11-21(19)29)25(35)15-34(33)24-9-8-23(30)26(31)27(24)32/h8-9,17-22H,4-7,10-16,32-33H2,1-3H3. The minimum atomic E-state index is -1.12. The van der Waals surface area contributed by atoms with Crippen LogP contribution in [0.5, 0.6) is 0 Å². The summed E-state index contributed by atoms with van der Waals surface area (Å²) in [6, 6.07) is 2.35. The van der Waals surface area contributed by atoms with E-state index in [0.717, 1.165) is 43.1 Å². The molecule has 200 valence electrons. The largest absolute Gasteiger partial charge is 0.395 e. The van der Waals surface area contributed by atoms with E-state index in [1.165, 1.54) is 55.4 Å². The van der Waals surface area contributed by atoms with Crippen LogP contribution in [0.4, 0.5) is 20.2 Å². The van der Waals surface area contributed by atoms with E-state index in [1.807, 2.05) is 11.8 Å². The van der Waals surface area contributed by atoms with Crippen molar-refractivity contribution in [2.45, 2.75) is 71.6 Å². The average Bonchev–Trinajstić information content (AvgIpc) is 3.20. The number of hydrogen-bond acceptors (Lipinski definition) is 5. The summed E-state index contributed by atoms with van der Waals surface area (Å²) in [5.41, 5.74) is 6.06. The van der Waals surface area contributed by atoms with Gasteiger partial charge in [0.2, 0.25) is 0 Å². The Kier molecular flexibility index (Phi) is 7.12. The van der Waals surface area contributed by atoms with Gasteiger partial charge in [-0.05, 0) is 116 Å². The van der Waals surface area contributed by atoms with E-state index in [2.05, 4.69) is 20.1 Å². The summed E-state index contributed by atoms with van der Waals surface area (Å²) in [4.78, 5) is 13.6. The number of carbonyl (C=O) groups excluding carboxylic acids is 1. The van der Waals surface area contributed by atoms with Crippen molar-refractivity contribution in [3.05, 3.63) is 23.8 Å². The number of fused-ring (bicyclic) bond motifs is 5. The van der Waals surface area contributed by atoms with Crippen molar-refractivity contribution in [2.24, 2.45) is 52.2 Å². The van der Waals surface area contributed by atoms with Crippen molar-refractivity contribution >= 4 is 28.9 Å². The van der Waals surface area contributed by atoms with Crippen LogP contribution < -0.4 is 16.6 Å². The zero-order valence-electron chi connectivity index (χ0n) is 22.1. The summed E-state index contributed by atoms with van der Waals surface area (Å²) in [7, 11) is 0. The zero-order chi connectivity index (χ0) is 25.8. The number of benzene rings is 1. The molecule has 5 rings (SSSR count). The van der Waals surface area contributed by atoms with Crippen LogP contribution in [0, 0.1) is 58.0 Å². The lowest BCUT2D eigenvalue weighted by Crippen LogP contribution is -2.56. The van der Waals surface area contributed by atoms with E-state index < -0.39 is 11.6 Å². The fraction of sp³-hybridized carbons (Fsp3) is 0.759. The Morgan fingerprint density at radius 3 is 2.64 bits per heavy atom. The van der Waals surface area contributed by atoms with E-state index >= 15 is 0 Å². The second kappa shape index (κ2) is 9.76. The molecular formula is C29H43F2N3OS. The summed E-state index contributed by atoms with van der Waals surface area (Å²) in [5, 5.41) is 1.20. The second-order valence-corrected chi connectivity index (χ2v) is 13.6. The molecular weight excluding hydrogens is 476 g/mol. The quantitative estimate of drug-likeness (QED) is 0.257. The number of hydrazine groups is 1. The first-order chi connectivity index (χ1) is 17.1. The van der Waals surface area contributed by atoms with Gasteiger partial charge in [0.25, 0.3) is 0 Å². The van der Waals surface area contributed by atoms with Crippen molar-refractivity contribution < 1.29 is 13.6 Å². The van der Waals surface area contributed by atoms with Crippen molar-refractivity contribution in [3.63, 3.8) is 0 Å². The van der Waals surface area contributed by atoms with Gasteiger partial charge in [0, 0.05) is 5.92 Å². The van der Waals surface area contributed by atoms with E-state index in [9.17, 15) is 13.6 Å². The van der Waals surface area contributed by atoms with Gasteiger partial charge in [0.15, 0.2) is 17.4 Å². The number of carbonyl (C=O) groups is 1. The van der Waals surface area contributed by atoms with Crippen LogP contribution in [0.3, 0.4) is 0 Å². The Bertz CT molecular complexity index is 1010. The number of hydrogen-bond donors (Lipinski definition) is 2. The molecule has 1 aromatic rings. The average molecular weight is 520 g/mol. The minimum Gasteiger partial charge on any atom is -0.395 e. The van der Waals surface area contributed by atoms with Gasteiger partial charge < -0.3 is 10.7 Å². The van der Waals surface area contributed by atoms with Crippen LogP contribution in [0.25, 0.3) is 0 Å².